The van der Waals surface area contributed by atoms with Gasteiger partial charge in [-0.05, 0) is 40.5 Å². The predicted octanol–water partition coefficient (Wildman–Crippen LogP) is 2.63. The summed E-state index contributed by atoms with van der Waals surface area (Å²) in [6, 6.07) is 0. The number of nitrogens with zero attached hydrogens (tertiary/aromatic N) is 2. The molecule has 1 aromatic rings. The van der Waals surface area contributed by atoms with Crippen LogP contribution in [-0.4, -0.2) is 36.4 Å². The molecule has 2 aliphatic heterocycles. The zero-order valence-corrected chi connectivity index (χ0v) is 13.9. The highest BCUT2D eigenvalue weighted by Gasteiger charge is 2.52. The van der Waals surface area contributed by atoms with Crippen molar-refractivity contribution in [3.05, 3.63) is 17.4 Å². The van der Waals surface area contributed by atoms with Crippen LogP contribution in [0.25, 0.3) is 0 Å². The van der Waals surface area contributed by atoms with E-state index in [1.165, 1.54) is 12.8 Å². The SMILES string of the molecule is CC1(C)OB(c2cncc(Cl)c2N2CCCC2)OC1(C)C. The summed E-state index contributed by atoms with van der Waals surface area (Å²) < 4.78 is 12.3. The highest BCUT2D eigenvalue weighted by Crippen LogP contribution is 2.38. The van der Waals surface area contributed by atoms with Crippen LogP contribution in [0.3, 0.4) is 0 Å². The van der Waals surface area contributed by atoms with Crippen molar-refractivity contribution in [2.45, 2.75) is 51.7 Å². The molecular weight excluding hydrogens is 286 g/mol. The normalized spacial score (nSPS) is 23.9. The molecule has 3 rings (SSSR count). The third kappa shape index (κ3) is 2.56. The van der Waals surface area contributed by atoms with E-state index in [1.54, 1.807) is 6.20 Å². The fourth-order valence-corrected chi connectivity index (χ4v) is 3.15. The zero-order valence-electron chi connectivity index (χ0n) is 13.1. The molecule has 0 N–H and O–H groups in total. The molecule has 2 aliphatic rings. The van der Waals surface area contributed by atoms with Crippen LogP contribution in [0.15, 0.2) is 12.4 Å². The Bertz CT molecular complexity index is 528. The van der Waals surface area contributed by atoms with Gasteiger partial charge in [0.05, 0.1) is 21.9 Å². The minimum Gasteiger partial charge on any atom is -0.399 e. The zero-order chi connectivity index (χ0) is 15.3. The lowest BCUT2D eigenvalue weighted by atomic mass is 9.78. The Kier molecular flexibility index (Phi) is 3.71. The molecule has 2 saturated heterocycles. The van der Waals surface area contributed by atoms with E-state index in [1.807, 2.05) is 6.20 Å². The largest absolute Gasteiger partial charge is 0.498 e. The van der Waals surface area contributed by atoms with Gasteiger partial charge in [0.1, 0.15) is 0 Å². The van der Waals surface area contributed by atoms with Crippen LogP contribution in [0.5, 0.6) is 0 Å². The number of aromatic nitrogens is 1. The maximum Gasteiger partial charge on any atom is 0.498 e. The molecule has 114 valence electrons. The Labute approximate surface area is 131 Å². The monoisotopic (exact) mass is 308 g/mol. The van der Waals surface area contributed by atoms with E-state index in [-0.39, 0.29) is 11.2 Å². The van der Waals surface area contributed by atoms with Gasteiger partial charge < -0.3 is 14.2 Å². The first-order valence-corrected chi connectivity index (χ1v) is 7.94. The predicted molar refractivity (Wildman–Crippen MR) is 86.4 cm³/mol. The second-order valence-corrected chi connectivity index (χ2v) is 7.25. The Hall–Kier alpha value is -0.775. The average Bonchev–Trinajstić information content (AvgIpc) is 2.96. The molecule has 0 bridgehead atoms. The van der Waals surface area contributed by atoms with Gasteiger partial charge in [-0.25, -0.2) is 0 Å². The van der Waals surface area contributed by atoms with Gasteiger partial charge in [0.15, 0.2) is 0 Å². The molecule has 2 fully saturated rings. The first-order chi connectivity index (χ1) is 9.82. The molecule has 0 aromatic carbocycles. The fourth-order valence-electron chi connectivity index (χ4n) is 2.86. The molecular formula is C15H22BClN2O2. The lowest BCUT2D eigenvalue weighted by Gasteiger charge is -2.32. The molecule has 0 aliphatic carbocycles. The van der Waals surface area contributed by atoms with Crippen LogP contribution in [0, 0.1) is 0 Å². The Balaban J connectivity index is 1.98. The first-order valence-electron chi connectivity index (χ1n) is 7.56. The molecule has 21 heavy (non-hydrogen) atoms. The summed E-state index contributed by atoms with van der Waals surface area (Å²) in [6.07, 6.45) is 5.91. The van der Waals surface area contributed by atoms with Crippen molar-refractivity contribution in [2.24, 2.45) is 0 Å². The minimum absolute atomic E-state index is 0.359. The highest BCUT2D eigenvalue weighted by molar-refractivity contribution is 6.64. The van der Waals surface area contributed by atoms with E-state index in [0.717, 1.165) is 24.2 Å². The summed E-state index contributed by atoms with van der Waals surface area (Å²) in [5.74, 6) is 0. The van der Waals surface area contributed by atoms with E-state index in [4.69, 9.17) is 20.9 Å². The maximum atomic E-state index is 6.41. The first kappa shape index (κ1) is 15.1. The Morgan fingerprint density at radius 2 is 1.67 bits per heavy atom. The summed E-state index contributed by atoms with van der Waals surface area (Å²) >= 11 is 6.41. The molecule has 0 saturated carbocycles. The summed E-state index contributed by atoms with van der Waals surface area (Å²) in [5.41, 5.74) is 1.23. The minimum atomic E-state index is -0.420. The molecule has 0 amide bonds. The van der Waals surface area contributed by atoms with E-state index < -0.39 is 7.12 Å². The number of halogens is 1. The molecule has 0 spiro atoms. The second kappa shape index (κ2) is 5.15. The summed E-state index contributed by atoms with van der Waals surface area (Å²) in [6.45, 7) is 10.3. The van der Waals surface area contributed by atoms with Crippen molar-refractivity contribution >= 4 is 29.9 Å². The topological polar surface area (TPSA) is 34.6 Å². The van der Waals surface area contributed by atoms with Crippen molar-refractivity contribution in [3.63, 3.8) is 0 Å². The number of pyridine rings is 1. The van der Waals surface area contributed by atoms with Crippen molar-refractivity contribution in [1.29, 1.82) is 0 Å². The van der Waals surface area contributed by atoms with E-state index in [0.29, 0.717) is 5.02 Å². The fraction of sp³-hybridized carbons (Fsp3) is 0.667. The smallest absolute Gasteiger partial charge is 0.399 e. The van der Waals surface area contributed by atoms with Gasteiger partial charge in [-0.15, -0.1) is 0 Å². The quantitative estimate of drug-likeness (QED) is 0.787. The second-order valence-electron chi connectivity index (χ2n) is 6.84. The van der Waals surface area contributed by atoms with Crippen molar-refractivity contribution in [1.82, 2.24) is 4.98 Å². The van der Waals surface area contributed by atoms with E-state index >= 15 is 0 Å². The number of anilines is 1. The molecule has 0 unspecified atom stereocenters. The van der Waals surface area contributed by atoms with Crippen LogP contribution in [0.1, 0.15) is 40.5 Å². The molecule has 0 radical (unpaired) electrons. The van der Waals surface area contributed by atoms with Crippen molar-refractivity contribution < 1.29 is 9.31 Å². The third-order valence-electron chi connectivity index (χ3n) is 4.83. The summed E-state index contributed by atoms with van der Waals surface area (Å²) in [4.78, 5) is 6.55. The summed E-state index contributed by atoms with van der Waals surface area (Å²) in [7, 11) is -0.420. The lowest BCUT2D eigenvalue weighted by molar-refractivity contribution is 0.00578. The average molecular weight is 309 g/mol. The van der Waals surface area contributed by atoms with E-state index in [9.17, 15) is 0 Å². The van der Waals surface area contributed by atoms with Crippen LogP contribution in [-0.2, 0) is 9.31 Å². The van der Waals surface area contributed by atoms with Gasteiger partial charge in [0.25, 0.3) is 0 Å². The molecule has 4 nitrogen and oxygen atoms in total. The van der Waals surface area contributed by atoms with Crippen LogP contribution < -0.4 is 10.4 Å². The number of rotatable bonds is 2. The lowest BCUT2D eigenvalue weighted by Crippen LogP contribution is -2.41. The van der Waals surface area contributed by atoms with Gasteiger partial charge in [-0.3, -0.25) is 4.98 Å². The molecule has 6 heteroatoms. The number of hydrogen-bond donors (Lipinski definition) is 0. The summed E-state index contributed by atoms with van der Waals surface area (Å²) in [5, 5.41) is 0.670. The van der Waals surface area contributed by atoms with Crippen LogP contribution in [0.2, 0.25) is 5.02 Å². The van der Waals surface area contributed by atoms with Gasteiger partial charge in [-0.1, -0.05) is 11.6 Å². The van der Waals surface area contributed by atoms with Gasteiger partial charge >= 0.3 is 7.12 Å². The molecule has 0 atom stereocenters. The maximum absolute atomic E-state index is 6.41. The van der Waals surface area contributed by atoms with Crippen molar-refractivity contribution in [3.8, 4) is 0 Å². The standard InChI is InChI=1S/C15H22BClN2O2/c1-14(2)15(3,4)21-16(20-14)11-9-18-10-12(17)13(11)19-7-5-6-8-19/h9-10H,5-8H2,1-4H3. The number of hydrogen-bond acceptors (Lipinski definition) is 4. The third-order valence-corrected chi connectivity index (χ3v) is 5.11. The molecule has 3 heterocycles. The van der Waals surface area contributed by atoms with E-state index in [2.05, 4.69) is 37.6 Å². The Morgan fingerprint density at radius 3 is 2.24 bits per heavy atom. The van der Waals surface area contributed by atoms with Crippen LogP contribution >= 0.6 is 11.6 Å². The van der Waals surface area contributed by atoms with Crippen LogP contribution in [0.4, 0.5) is 5.69 Å². The van der Waals surface area contributed by atoms with Gasteiger partial charge in [-0.2, -0.15) is 0 Å². The van der Waals surface area contributed by atoms with Gasteiger partial charge in [0, 0.05) is 30.9 Å². The highest BCUT2D eigenvalue weighted by atomic mass is 35.5. The molecule has 1 aromatic heterocycles. The van der Waals surface area contributed by atoms with Crippen molar-refractivity contribution in [2.75, 3.05) is 18.0 Å². The Morgan fingerprint density at radius 1 is 1.10 bits per heavy atom. The van der Waals surface area contributed by atoms with Gasteiger partial charge in [0.2, 0.25) is 0 Å².